The minimum atomic E-state index is 0.114. The van der Waals surface area contributed by atoms with Gasteiger partial charge in [-0.3, -0.25) is 0 Å². The van der Waals surface area contributed by atoms with E-state index in [-0.39, 0.29) is 6.61 Å². The molecule has 10 heavy (non-hydrogen) atoms. The minimum absolute atomic E-state index is 0.114. The van der Waals surface area contributed by atoms with Crippen LogP contribution in [0.4, 0.5) is 0 Å². The molecule has 0 saturated carbocycles. The molecule has 0 saturated heterocycles. The summed E-state index contributed by atoms with van der Waals surface area (Å²) in [5.74, 6) is 0. The Hall–Kier alpha value is 0.0900. The van der Waals surface area contributed by atoms with Gasteiger partial charge in [0.25, 0.3) is 0 Å². The van der Waals surface area contributed by atoms with Gasteiger partial charge in [0, 0.05) is 9.47 Å². The van der Waals surface area contributed by atoms with Gasteiger partial charge in [0.2, 0.25) is 0 Å². The van der Waals surface area contributed by atoms with E-state index in [1.54, 1.807) is 6.08 Å². The van der Waals surface area contributed by atoms with Crippen LogP contribution in [0.1, 0.15) is 19.8 Å². The second-order valence-electron chi connectivity index (χ2n) is 2.11. The van der Waals surface area contributed by atoms with Gasteiger partial charge in [0.1, 0.15) is 0 Å². The molecule has 0 aliphatic carbocycles. The predicted molar refractivity (Wildman–Crippen MR) is 45.7 cm³/mol. The van der Waals surface area contributed by atoms with Crippen LogP contribution in [0.5, 0.6) is 0 Å². The normalized spacial score (nSPS) is 12.1. The third kappa shape index (κ3) is 4.92. The van der Waals surface area contributed by atoms with Crippen molar-refractivity contribution in [2.45, 2.75) is 19.8 Å². The largest absolute Gasteiger partial charge is 0.392 e. The van der Waals surface area contributed by atoms with E-state index in [0.717, 1.165) is 12.8 Å². The van der Waals surface area contributed by atoms with Gasteiger partial charge in [-0.1, -0.05) is 19.4 Å². The molecular formula is C7H15O2P. The predicted octanol–water partition coefficient (Wildman–Crippen LogP) is 1.51. The van der Waals surface area contributed by atoms with Crippen LogP contribution in [-0.2, 0) is 4.52 Å². The fourth-order valence-corrected chi connectivity index (χ4v) is 1.00. The van der Waals surface area contributed by atoms with Gasteiger partial charge in [-0.25, -0.2) is 0 Å². The Labute approximate surface area is 64.6 Å². The zero-order valence-corrected chi connectivity index (χ0v) is 7.49. The highest BCUT2D eigenvalue weighted by Crippen LogP contribution is 2.06. The summed E-state index contributed by atoms with van der Waals surface area (Å²) < 4.78 is 4.85. The first-order valence-electron chi connectivity index (χ1n) is 3.45. The quantitative estimate of drug-likeness (QED) is 0.490. The first-order valence-corrected chi connectivity index (χ1v) is 3.92. The molecule has 0 radical (unpaired) electrons. The maximum Gasteiger partial charge on any atom is 0.0713 e. The van der Waals surface area contributed by atoms with E-state index >= 15 is 0 Å². The number of aliphatic hydroxyl groups is 1. The Bertz CT molecular complexity index is 93.8. The first-order chi connectivity index (χ1) is 4.85. The van der Waals surface area contributed by atoms with Crippen LogP contribution in [0.2, 0.25) is 0 Å². The molecule has 0 aromatic rings. The van der Waals surface area contributed by atoms with Crippen molar-refractivity contribution in [2.24, 2.45) is 0 Å². The fourth-order valence-electron chi connectivity index (χ4n) is 0.790. The molecule has 1 unspecified atom stereocenters. The highest BCUT2D eigenvalue weighted by atomic mass is 31.0. The molecule has 1 atom stereocenters. The van der Waals surface area contributed by atoms with Crippen LogP contribution in [0, 0.1) is 0 Å². The van der Waals surface area contributed by atoms with Gasteiger partial charge in [-0.05, 0) is 12.0 Å². The molecule has 0 heterocycles. The Morgan fingerprint density at radius 1 is 1.70 bits per heavy atom. The Morgan fingerprint density at radius 2 is 2.40 bits per heavy atom. The molecule has 0 rings (SSSR count). The molecule has 0 fully saturated rings. The average Bonchev–Trinajstić information content (AvgIpc) is 1.90. The molecule has 0 aliphatic heterocycles. The van der Waals surface area contributed by atoms with Gasteiger partial charge in [0.15, 0.2) is 0 Å². The molecule has 0 aliphatic rings. The van der Waals surface area contributed by atoms with Crippen molar-refractivity contribution in [3.05, 3.63) is 11.6 Å². The lowest BCUT2D eigenvalue weighted by molar-refractivity contribution is 0.337. The summed E-state index contributed by atoms with van der Waals surface area (Å²) in [6.07, 6.45) is 3.91. The Balaban J connectivity index is 3.60. The van der Waals surface area contributed by atoms with Gasteiger partial charge in [-0.15, -0.1) is 0 Å². The van der Waals surface area contributed by atoms with Crippen LogP contribution in [0.3, 0.4) is 0 Å². The van der Waals surface area contributed by atoms with Crippen LogP contribution >= 0.6 is 9.47 Å². The van der Waals surface area contributed by atoms with E-state index in [1.165, 1.54) is 5.57 Å². The van der Waals surface area contributed by atoms with Gasteiger partial charge in [-0.2, -0.15) is 0 Å². The van der Waals surface area contributed by atoms with E-state index in [0.29, 0.717) is 6.61 Å². The van der Waals surface area contributed by atoms with Crippen molar-refractivity contribution in [1.82, 2.24) is 0 Å². The van der Waals surface area contributed by atoms with Crippen molar-refractivity contribution in [3.63, 3.8) is 0 Å². The van der Waals surface area contributed by atoms with Crippen LogP contribution in [0.15, 0.2) is 11.6 Å². The molecule has 3 heteroatoms. The molecule has 0 aromatic heterocycles. The van der Waals surface area contributed by atoms with Gasteiger partial charge < -0.3 is 9.63 Å². The summed E-state index contributed by atoms with van der Waals surface area (Å²) in [6, 6.07) is 0. The summed E-state index contributed by atoms with van der Waals surface area (Å²) in [7, 11) is 2.20. The van der Waals surface area contributed by atoms with E-state index in [9.17, 15) is 0 Å². The molecular weight excluding hydrogens is 147 g/mol. The van der Waals surface area contributed by atoms with Gasteiger partial charge >= 0.3 is 0 Å². The lowest BCUT2D eigenvalue weighted by Gasteiger charge is -2.02. The fraction of sp³-hybridized carbons (Fsp3) is 0.714. The number of hydrogen-bond acceptors (Lipinski definition) is 2. The summed E-state index contributed by atoms with van der Waals surface area (Å²) in [4.78, 5) is 0. The SMILES string of the molecule is CCC/C(=C/CO)COP. The minimum Gasteiger partial charge on any atom is -0.392 e. The lowest BCUT2D eigenvalue weighted by atomic mass is 10.1. The molecule has 60 valence electrons. The highest BCUT2D eigenvalue weighted by Gasteiger charge is 1.92. The standard InChI is InChI=1S/C7H15O2P/c1-2-3-7(4-5-8)6-9-10/h4,8H,2-3,5-6,10H2,1H3/b7-4-. The molecule has 0 bridgehead atoms. The van der Waals surface area contributed by atoms with E-state index in [1.807, 2.05) is 0 Å². The van der Waals surface area contributed by atoms with Crippen LogP contribution in [-0.4, -0.2) is 18.3 Å². The Morgan fingerprint density at radius 3 is 2.80 bits per heavy atom. The lowest BCUT2D eigenvalue weighted by Crippen LogP contribution is -1.92. The Kier molecular flexibility index (Phi) is 7.26. The van der Waals surface area contributed by atoms with Crippen molar-refractivity contribution in [3.8, 4) is 0 Å². The third-order valence-electron chi connectivity index (χ3n) is 1.22. The first kappa shape index (κ1) is 10.1. The molecule has 1 N–H and O–H groups in total. The summed E-state index contributed by atoms with van der Waals surface area (Å²) >= 11 is 0. The van der Waals surface area contributed by atoms with Crippen LogP contribution < -0.4 is 0 Å². The van der Waals surface area contributed by atoms with E-state index in [4.69, 9.17) is 9.63 Å². The van der Waals surface area contributed by atoms with Crippen LogP contribution in [0.25, 0.3) is 0 Å². The number of hydrogen-bond donors (Lipinski definition) is 1. The monoisotopic (exact) mass is 162 g/mol. The highest BCUT2D eigenvalue weighted by molar-refractivity contribution is 7.09. The van der Waals surface area contributed by atoms with Crippen molar-refractivity contribution in [2.75, 3.05) is 13.2 Å². The zero-order chi connectivity index (χ0) is 7.82. The number of rotatable bonds is 5. The summed E-state index contributed by atoms with van der Waals surface area (Å²) in [5.41, 5.74) is 1.17. The zero-order valence-electron chi connectivity index (χ0n) is 6.34. The second kappa shape index (κ2) is 7.20. The van der Waals surface area contributed by atoms with Crippen molar-refractivity contribution < 1.29 is 9.63 Å². The smallest absolute Gasteiger partial charge is 0.0713 e. The van der Waals surface area contributed by atoms with Gasteiger partial charge in [0.05, 0.1) is 13.2 Å². The van der Waals surface area contributed by atoms with Crippen molar-refractivity contribution in [1.29, 1.82) is 0 Å². The average molecular weight is 162 g/mol. The molecule has 2 nitrogen and oxygen atoms in total. The maximum atomic E-state index is 8.55. The molecule has 0 aromatic carbocycles. The second-order valence-corrected chi connectivity index (χ2v) is 2.44. The summed E-state index contributed by atoms with van der Waals surface area (Å²) in [6.45, 7) is 2.83. The molecule has 0 spiro atoms. The van der Waals surface area contributed by atoms with E-state index < -0.39 is 0 Å². The number of aliphatic hydroxyl groups excluding tert-OH is 1. The van der Waals surface area contributed by atoms with E-state index in [2.05, 4.69) is 16.4 Å². The molecule has 0 amide bonds. The summed E-state index contributed by atoms with van der Waals surface area (Å²) in [5, 5.41) is 8.55. The third-order valence-corrected chi connectivity index (χ3v) is 1.39. The maximum absolute atomic E-state index is 8.55. The topological polar surface area (TPSA) is 29.5 Å². The van der Waals surface area contributed by atoms with Crippen molar-refractivity contribution >= 4 is 9.47 Å².